The SMILES string of the molecule is CC1CCCC=C1C1=NC(c2ccccc2)=NC(C)(C2C=CC3=C(C2)C2(c4ccccc43)c3ccccc3C3C=CC=CC32)N1. The predicted octanol–water partition coefficient (Wildman–Crippen LogP) is 9.07. The van der Waals surface area contributed by atoms with Gasteiger partial charge in [0.15, 0.2) is 5.84 Å². The number of hydrogen-bond acceptors (Lipinski definition) is 3. The molecule has 3 aromatic carbocycles. The van der Waals surface area contributed by atoms with Gasteiger partial charge in [-0.2, -0.15) is 0 Å². The van der Waals surface area contributed by atoms with E-state index in [0.29, 0.717) is 17.8 Å². The Balaban J connectivity index is 1.19. The van der Waals surface area contributed by atoms with Gasteiger partial charge in [0.25, 0.3) is 0 Å². The van der Waals surface area contributed by atoms with Gasteiger partial charge >= 0.3 is 0 Å². The van der Waals surface area contributed by atoms with Gasteiger partial charge in [-0.3, -0.25) is 0 Å². The van der Waals surface area contributed by atoms with Gasteiger partial charge in [0.05, 0.1) is 5.41 Å². The van der Waals surface area contributed by atoms with Gasteiger partial charge < -0.3 is 5.32 Å². The summed E-state index contributed by atoms with van der Waals surface area (Å²) in [6.45, 7) is 4.64. The maximum absolute atomic E-state index is 5.47. The topological polar surface area (TPSA) is 36.8 Å². The average Bonchev–Trinajstić information content (AvgIpc) is 3.56. The summed E-state index contributed by atoms with van der Waals surface area (Å²) in [6.07, 6.45) is 21.2. The van der Waals surface area contributed by atoms with Crippen molar-refractivity contribution in [1.82, 2.24) is 5.32 Å². The van der Waals surface area contributed by atoms with Crippen molar-refractivity contribution in [3.05, 3.63) is 160 Å². The third-order valence-corrected chi connectivity index (χ3v) is 11.4. The number of nitrogens with zero attached hydrogens (tertiary/aromatic N) is 2. The zero-order valence-electron chi connectivity index (χ0n) is 26.1. The Morgan fingerprint density at radius 1 is 0.844 bits per heavy atom. The van der Waals surface area contributed by atoms with E-state index in [1.165, 1.54) is 46.2 Å². The summed E-state index contributed by atoms with van der Waals surface area (Å²) in [7, 11) is 0. The first kappa shape index (κ1) is 26.9. The third-order valence-electron chi connectivity index (χ3n) is 11.4. The van der Waals surface area contributed by atoms with Crippen molar-refractivity contribution < 1.29 is 0 Å². The number of fused-ring (bicyclic) bond motifs is 9. The monoisotopic (exact) mass is 585 g/mol. The molecule has 5 aliphatic carbocycles. The van der Waals surface area contributed by atoms with Crippen LogP contribution in [0.4, 0.5) is 0 Å². The summed E-state index contributed by atoms with van der Waals surface area (Å²) in [4.78, 5) is 10.7. The fourth-order valence-electron chi connectivity index (χ4n) is 9.32. The molecule has 3 aromatic rings. The van der Waals surface area contributed by atoms with Crippen molar-refractivity contribution in [2.75, 3.05) is 0 Å². The highest BCUT2D eigenvalue weighted by atomic mass is 15.2. The van der Waals surface area contributed by atoms with E-state index in [1.54, 1.807) is 5.57 Å². The van der Waals surface area contributed by atoms with Crippen LogP contribution in [-0.4, -0.2) is 17.3 Å². The number of allylic oxidation sites excluding steroid dienone is 8. The Morgan fingerprint density at radius 2 is 1.62 bits per heavy atom. The van der Waals surface area contributed by atoms with Gasteiger partial charge in [-0.25, -0.2) is 9.98 Å². The normalized spacial score (nSPS) is 32.3. The third kappa shape index (κ3) is 3.83. The second-order valence-electron chi connectivity index (χ2n) is 13.8. The van der Waals surface area contributed by atoms with Gasteiger partial charge in [-0.05, 0) is 77.5 Å². The molecule has 6 aliphatic rings. The summed E-state index contributed by atoms with van der Waals surface area (Å²) in [5.41, 5.74) is 10.4. The molecule has 9 rings (SSSR count). The summed E-state index contributed by atoms with van der Waals surface area (Å²) in [5.74, 6) is 3.19. The Labute approximate surface area is 266 Å². The van der Waals surface area contributed by atoms with Crippen LogP contribution in [0.2, 0.25) is 0 Å². The molecule has 1 spiro atoms. The maximum Gasteiger partial charge on any atom is 0.159 e. The lowest BCUT2D eigenvalue weighted by Gasteiger charge is -2.43. The smallest absolute Gasteiger partial charge is 0.159 e. The lowest BCUT2D eigenvalue weighted by atomic mass is 9.62. The van der Waals surface area contributed by atoms with Crippen molar-refractivity contribution in [3.63, 3.8) is 0 Å². The molecule has 1 aliphatic heterocycles. The van der Waals surface area contributed by atoms with Crippen LogP contribution in [0.1, 0.15) is 73.3 Å². The highest BCUT2D eigenvalue weighted by Crippen LogP contribution is 2.66. The molecule has 1 N–H and O–H groups in total. The lowest BCUT2D eigenvalue weighted by Crippen LogP contribution is -2.54. The van der Waals surface area contributed by atoms with Gasteiger partial charge in [0, 0.05) is 23.3 Å². The lowest BCUT2D eigenvalue weighted by molar-refractivity contribution is 0.305. The number of rotatable bonds is 3. The van der Waals surface area contributed by atoms with E-state index < -0.39 is 5.66 Å². The Morgan fingerprint density at radius 3 is 2.49 bits per heavy atom. The molecule has 6 atom stereocenters. The fraction of sp³-hybridized carbons (Fsp3) is 0.286. The van der Waals surface area contributed by atoms with Crippen molar-refractivity contribution in [3.8, 4) is 0 Å². The van der Waals surface area contributed by atoms with Gasteiger partial charge in [-0.1, -0.05) is 128 Å². The quantitative estimate of drug-likeness (QED) is 0.327. The van der Waals surface area contributed by atoms with E-state index >= 15 is 0 Å². The summed E-state index contributed by atoms with van der Waals surface area (Å²) in [6, 6.07) is 28.9. The number of amidine groups is 2. The minimum absolute atomic E-state index is 0.153. The van der Waals surface area contributed by atoms with Crippen molar-refractivity contribution in [1.29, 1.82) is 0 Å². The number of benzene rings is 3. The minimum Gasteiger partial charge on any atom is -0.345 e. The zero-order valence-corrected chi connectivity index (χ0v) is 26.1. The first-order valence-electron chi connectivity index (χ1n) is 16.8. The van der Waals surface area contributed by atoms with E-state index in [-0.39, 0.29) is 11.3 Å². The van der Waals surface area contributed by atoms with E-state index in [1.807, 2.05) is 0 Å². The molecular formula is C42H39N3. The highest BCUT2D eigenvalue weighted by Gasteiger charge is 2.59. The fourth-order valence-corrected chi connectivity index (χ4v) is 9.32. The van der Waals surface area contributed by atoms with Crippen LogP contribution >= 0.6 is 0 Å². The largest absolute Gasteiger partial charge is 0.345 e. The molecule has 0 saturated heterocycles. The second kappa shape index (κ2) is 10.0. The van der Waals surface area contributed by atoms with Gasteiger partial charge in [0.2, 0.25) is 0 Å². The van der Waals surface area contributed by atoms with Crippen LogP contribution in [-0.2, 0) is 5.41 Å². The molecule has 222 valence electrons. The maximum atomic E-state index is 5.47. The molecule has 1 heterocycles. The number of aliphatic imine (C=N–C) groups is 2. The first-order valence-corrected chi connectivity index (χ1v) is 16.8. The summed E-state index contributed by atoms with van der Waals surface area (Å²) in [5, 5.41) is 3.95. The Bertz CT molecular complexity index is 1930. The van der Waals surface area contributed by atoms with Crippen LogP contribution in [0.25, 0.3) is 5.57 Å². The minimum atomic E-state index is -0.551. The van der Waals surface area contributed by atoms with Gasteiger partial charge in [-0.15, -0.1) is 0 Å². The standard InChI is InChI=1S/C42H39N3/c1-27-14-6-7-17-30(27)40-43-39(28-15-4-3-5-16-28)44-41(2,45-40)29-24-25-34-33-20-10-13-23-37(33)42(38(34)26-29)35-21-11-8-18-31(35)32-19-9-12-22-36(32)42/h3-5,8-13,15-25,27,29,31,35H,6-7,14,26H2,1-2H3,(H,43,44,45). The van der Waals surface area contributed by atoms with Crippen molar-refractivity contribution in [2.24, 2.45) is 27.7 Å². The van der Waals surface area contributed by atoms with Crippen LogP contribution in [0.15, 0.2) is 143 Å². The van der Waals surface area contributed by atoms with Crippen molar-refractivity contribution in [2.45, 2.75) is 56.5 Å². The first-order chi connectivity index (χ1) is 22.1. The molecule has 0 radical (unpaired) electrons. The molecule has 6 unspecified atom stereocenters. The number of nitrogens with one attached hydrogen (secondary N) is 1. The highest BCUT2D eigenvalue weighted by molar-refractivity contribution is 6.13. The van der Waals surface area contributed by atoms with E-state index in [0.717, 1.165) is 30.1 Å². The van der Waals surface area contributed by atoms with Crippen LogP contribution in [0.3, 0.4) is 0 Å². The Hall–Kier alpha value is -4.50. The molecule has 0 aromatic heterocycles. The van der Waals surface area contributed by atoms with Crippen LogP contribution < -0.4 is 5.32 Å². The van der Waals surface area contributed by atoms with E-state index in [4.69, 9.17) is 9.98 Å². The van der Waals surface area contributed by atoms with E-state index in [9.17, 15) is 0 Å². The van der Waals surface area contributed by atoms with Gasteiger partial charge in [0.1, 0.15) is 11.5 Å². The molecule has 45 heavy (non-hydrogen) atoms. The molecule has 0 amide bonds. The van der Waals surface area contributed by atoms with Crippen molar-refractivity contribution >= 4 is 17.2 Å². The molecule has 3 nitrogen and oxygen atoms in total. The molecule has 3 heteroatoms. The number of hydrogen-bond donors (Lipinski definition) is 1. The summed E-state index contributed by atoms with van der Waals surface area (Å²) >= 11 is 0. The average molecular weight is 586 g/mol. The zero-order chi connectivity index (χ0) is 30.2. The van der Waals surface area contributed by atoms with E-state index in [2.05, 4.69) is 141 Å². The second-order valence-corrected chi connectivity index (χ2v) is 13.8. The predicted molar refractivity (Wildman–Crippen MR) is 185 cm³/mol. The molecular weight excluding hydrogens is 546 g/mol. The molecule has 0 bridgehead atoms. The molecule has 0 fully saturated rings. The summed E-state index contributed by atoms with van der Waals surface area (Å²) < 4.78 is 0. The molecule has 0 saturated carbocycles. The van der Waals surface area contributed by atoms with Crippen LogP contribution in [0, 0.1) is 17.8 Å². The Kier molecular flexibility index (Phi) is 5.97. The van der Waals surface area contributed by atoms with Crippen LogP contribution in [0.5, 0.6) is 0 Å².